The topological polar surface area (TPSA) is 55.5 Å². The van der Waals surface area contributed by atoms with E-state index < -0.39 is 0 Å². The molecule has 4 heteroatoms. The molecule has 1 rings (SSSR count). The van der Waals surface area contributed by atoms with Gasteiger partial charge in [-0.2, -0.15) is 0 Å². The summed E-state index contributed by atoms with van der Waals surface area (Å²) < 4.78 is 5.09. The number of nitrogens with two attached hydrogens (primary N) is 1. The number of aliphatic hydroxyl groups excluding tert-OH is 1. The largest absolute Gasteiger partial charge is 0.495 e. The number of hydrogen-bond donors (Lipinski definition) is 2. The molecule has 0 bridgehead atoms. The summed E-state index contributed by atoms with van der Waals surface area (Å²) in [6, 6.07) is 5.60. The van der Waals surface area contributed by atoms with Gasteiger partial charge < -0.3 is 15.6 Å². The van der Waals surface area contributed by atoms with Crippen LogP contribution in [0.4, 0.5) is 0 Å². The van der Waals surface area contributed by atoms with Crippen LogP contribution in [-0.2, 0) is 0 Å². The highest BCUT2D eigenvalue weighted by atomic mass is 35.5. The van der Waals surface area contributed by atoms with Crippen LogP contribution in [0.3, 0.4) is 0 Å². The molecule has 3 nitrogen and oxygen atoms in total. The molecular weight excluding hydrogens is 226 g/mol. The number of aliphatic hydroxyl groups is 1. The van der Waals surface area contributed by atoms with Gasteiger partial charge in [-0.3, -0.25) is 0 Å². The lowest BCUT2D eigenvalue weighted by Crippen LogP contribution is -2.25. The molecule has 0 radical (unpaired) electrons. The van der Waals surface area contributed by atoms with E-state index in [1.54, 1.807) is 7.11 Å². The van der Waals surface area contributed by atoms with Gasteiger partial charge in [-0.05, 0) is 31.0 Å². The van der Waals surface area contributed by atoms with Crippen LogP contribution in [0.1, 0.15) is 24.8 Å². The van der Waals surface area contributed by atoms with Crippen molar-refractivity contribution in [1.29, 1.82) is 0 Å². The van der Waals surface area contributed by atoms with Crippen molar-refractivity contribution in [2.45, 2.75) is 25.3 Å². The zero-order chi connectivity index (χ0) is 12.1. The van der Waals surface area contributed by atoms with Crippen molar-refractivity contribution in [2.24, 2.45) is 5.73 Å². The van der Waals surface area contributed by atoms with E-state index in [1.807, 2.05) is 25.1 Å². The minimum absolute atomic E-state index is 0.0170. The molecule has 0 amide bonds. The van der Waals surface area contributed by atoms with Crippen LogP contribution in [0.2, 0.25) is 5.02 Å². The summed E-state index contributed by atoms with van der Waals surface area (Å²) >= 11 is 6.05. The Morgan fingerprint density at radius 3 is 2.62 bits per heavy atom. The second-order valence-corrected chi connectivity index (χ2v) is 4.28. The summed E-state index contributed by atoms with van der Waals surface area (Å²) in [4.78, 5) is 0. The van der Waals surface area contributed by atoms with Gasteiger partial charge in [-0.1, -0.05) is 17.7 Å². The lowest BCUT2D eigenvalue weighted by atomic mass is 9.90. The normalized spacial score (nSPS) is 14.6. The van der Waals surface area contributed by atoms with Crippen molar-refractivity contribution in [3.05, 3.63) is 28.8 Å². The molecule has 0 spiro atoms. The summed E-state index contributed by atoms with van der Waals surface area (Å²) in [5.41, 5.74) is 6.93. The Morgan fingerprint density at radius 2 is 2.19 bits per heavy atom. The SMILES string of the molecule is COc1ccc(C(CCO)C(C)N)cc1Cl. The molecular formula is C12H18ClNO2. The van der Waals surface area contributed by atoms with Crippen molar-refractivity contribution >= 4 is 11.6 Å². The summed E-state index contributed by atoms with van der Waals surface area (Å²) in [5.74, 6) is 0.770. The second kappa shape index (κ2) is 6.09. The van der Waals surface area contributed by atoms with Crippen LogP contribution in [0.5, 0.6) is 5.75 Å². The third-order valence-corrected chi connectivity index (χ3v) is 2.97. The molecule has 0 heterocycles. The third kappa shape index (κ3) is 3.11. The molecule has 0 aliphatic rings. The van der Waals surface area contributed by atoms with Crippen LogP contribution in [0.25, 0.3) is 0 Å². The number of benzene rings is 1. The van der Waals surface area contributed by atoms with Gasteiger partial charge in [0.15, 0.2) is 0 Å². The molecule has 0 fully saturated rings. The molecule has 1 aromatic rings. The minimum atomic E-state index is -0.0170. The van der Waals surface area contributed by atoms with Crippen molar-refractivity contribution in [2.75, 3.05) is 13.7 Å². The second-order valence-electron chi connectivity index (χ2n) is 3.87. The zero-order valence-electron chi connectivity index (χ0n) is 9.61. The van der Waals surface area contributed by atoms with E-state index in [0.29, 0.717) is 17.2 Å². The zero-order valence-corrected chi connectivity index (χ0v) is 10.4. The van der Waals surface area contributed by atoms with Crippen LogP contribution in [0.15, 0.2) is 18.2 Å². The first-order valence-electron chi connectivity index (χ1n) is 5.30. The van der Waals surface area contributed by atoms with Gasteiger partial charge in [-0.15, -0.1) is 0 Å². The molecule has 0 aromatic heterocycles. The molecule has 1 aromatic carbocycles. The Kier molecular flexibility index (Phi) is 5.06. The maximum atomic E-state index is 9.00. The van der Waals surface area contributed by atoms with E-state index in [9.17, 15) is 0 Å². The smallest absolute Gasteiger partial charge is 0.137 e. The fourth-order valence-electron chi connectivity index (χ4n) is 1.79. The minimum Gasteiger partial charge on any atom is -0.495 e. The Hall–Kier alpha value is -0.770. The quantitative estimate of drug-likeness (QED) is 0.833. The lowest BCUT2D eigenvalue weighted by molar-refractivity contribution is 0.269. The fraction of sp³-hybridized carbons (Fsp3) is 0.500. The average molecular weight is 244 g/mol. The van der Waals surface area contributed by atoms with Gasteiger partial charge in [0.05, 0.1) is 12.1 Å². The summed E-state index contributed by atoms with van der Waals surface area (Å²) in [5, 5.41) is 9.58. The van der Waals surface area contributed by atoms with E-state index in [1.165, 1.54) is 0 Å². The van der Waals surface area contributed by atoms with Crippen molar-refractivity contribution in [3.8, 4) is 5.75 Å². The monoisotopic (exact) mass is 243 g/mol. The number of hydrogen-bond acceptors (Lipinski definition) is 3. The molecule has 3 N–H and O–H groups in total. The van der Waals surface area contributed by atoms with E-state index in [-0.39, 0.29) is 18.6 Å². The Balaban J connectivity index is 2.97. The molecule has 0 saturated heterocycles. The maximum absolute atomic E-state index is 9.00. The number of ether oxygens (including phenoxy) is 1. The van der Waals surface area contributed by atoms with Gasteiger partial charge >= 0.3 is 0 Å². The first-order valence-corrected chi connectivity index (χ1v) is 5.67. The van der Waals surface area contributed by atoms with E-state index in [4.69, 9.17) is 27.2 Å². The first kappa shape index (κ1) is 13.3. The summed E-state index contributed by atoms with van der Waals surface area (Å²) in [6.45, 7) is 2.05. The Bertz CT molecular complexity index is 342. The van der Waals surface area contributed by atoms with Crippen molar-refractivity contribution < 1.29 is 9.84 Å². The van der Waals surface area contributed by atoms with Crippen LogP contribution in [-0.4, -0.2) is 24.9 Å². The van der Waals surface area contributed by atoms with Crippen molar-refractivity contribution in [1.82, 2.24) is 0 Å². The van der Waals surface area contributed by atoms with Gasteiger partial charge in [-0.25, -0.2) is 0 Å². The summed E-state index contributed by atoms with van der Waals surface area (Å²) in [7, 11) is 1.58. The van der Waals surface area contributed by atoms with E-state index >= 15 is 0 Å². The molecule has 90 valence electrons. The summed E-state index contributed by atoms with van der Waals surface area (Å²) in [6.07, 6.45) is 0.639. The van der Waals surface area contributed by atoms with E-state index in [0.717, 1.165) is 5.56 Å². The molecule has 0 aliphatic heterocycles. The molecule has 2 atom stereocenters. The predicted octanol–water partition coefficient (Wildman–Crippen LogP) is 2.16. The highest BCUT2D eigenvalue weighted by Crippen LogP contribution is 2.30. The molecule has 0 aliphatic carbocycles. The van der Waals surface area contributed by atoms with Gasteiger partial charge in [0.25, 0.3) is 0 Å². The standard InChI is InChI=1S/C12H18ClNO2/c1-8(14)10(5-6-15)9-3-4-12(16-2)11(13)7-9/h3-4,7-8,10,15H,5-6,14H2,1-2H3. The van der Waals surface area contributed by atoms with Crippen LogP contribution in [0, 0.1) is 0 Å². The Labute approximate surface area is 101 Å². The highest BCUT2D eigenvalue weighted by molar-refractivity contribution is 6.32. The number of halogens is 1. The van der Waals surface area contributed by atoms with Gasteiger partial charge in [0.1, 0.15) is 5.75 Å². The number of methoxy groups -OCH3 is 1. The average Bonchev–Trinajstić information content (AvgIpc) is 2.25. The maximum Gasteiger partial charge on any atom is 0.137 e. The van der Waals surface area contributed by atoms with Gasteiger partial charge in [0.2, 0.25) is 0 Å². The first-order chi connectivity index (χ1) is 7.60. The lowest BCUT2D eigenvalue weighted by Gasteiger charge is -2.21. The number of rotatable bonds is 5. The predicted molar refractivity (Wildman–Crippen MR) is 66.1 cm³/mol. The van der Waals surface area contributed by atoms with Crippen molar-refractivity contribution in [3.63, 3.8) is 0 Å². The molecule has 2 unspecified atom stereocenters. The van der Waals surface area contributed by atoms with E-state index in [2.05, 4.69) is 0 Å². The fourth-order valence-corrected chi connectivity index (χ4v) is 2.05. The molecule has 0 saturated carbocycles. The van der Waals surface area contributed by atoms with Crippen LogP contribution < -0.4 is 10.5 Å². The van der Waals surface area contributed by atoms with Crippen LogP contribution >= 0.6 is 11.6 Å². The third-order valence-electron chi connectivity index (χ3n) is 2.68. The highest BCUT2D eigenvalue weighted by Gasteiger charge is 2.16. The Morgan fingerprint density at radius 1 is 1.50 bits per heavy atom. The molecule has 16 heavy (non-hydrogen) atoms. The van der Waals surface area contributed by atoms with Gasteiger partial charge in [0, 0.05) is 18.6 Å².